The Morgan fingerprint density at radius 2 is 0.692 bits per heavy atom. The van der Waals surface area contributed by atoms with Crippen LogP contribution in [-0.2, 0) is 24.0 Å². The lowest BCUT2D eigenvalue weighted by atomic mass is 9.78. The summed E-state index contributed by atoms with van der Waals surface area (Å²) in [6.45, 7) is 28.3. The number of ether oxygens (including phenoxy) is 2. The Balaban J connectivity index is 1.03. The molecule has 10 aromatic rings. The van der Waals surface area contributed by atoms with Gasteiger partial charge in [0.2, 0.25) is 5.78 Å². The van der Waals surface area contributed by atoms with Crippen molar-refractivity contribution >= 4 is 73.2 Å². The zero-order chi connectivity index (χ0) is 84.0. The van der Waals surface area contributed by atoms with Crippen LogP contribution in [0.2, 0.25) is 0 Å². The van der Waals surface area contributed by atoms with Crippen molar-refractivity contribution in [3.63, 3.8) is 0 Å². The highest BCUT2D eigenvalue weighted by Gasteiger charge is 2.46. The van der Waals surface area contributed by atoms with Crippen molar-refractivity contribution in [3.8, 4) is 85.7 Å². The SMILES string of the molecule is CCCCCCCCCCCCC1(CCCCCCCCCCCC)Oc2cc(-c3c4nc5c(nc4c(-c4cc6c(s4)-c4sc(C)cc4OC6(CCC(C)CCCC(C)C)CCC(C)CCCC(C)C)c4nc(-c6ccc(CCCCCCCC)cc6)c(-c6ccc(CCCCCCCC)cc6)nc34)-c3ccccc3C5=O)sc2-c2sc(C)cc21. The third-order valence-electron chi connectivity index (χ3n) is 27.0. The van der Waals surface area contributed by atoms with Gasteiger partial charge in [-0.1, -0.05) is 360 Å². The van der Waals surface area contributed by atoms with Gasteiger partial charge in [-0.3, -0.25) is 4.79 Å². The average Bonchev–Trinajstić information content (AvgIpc) is 1.47. The number of aryl methyl sites for hydroxylation is 4. The van der Waals surface area contributed by atoms with Gasteiger partial charge in [0.25, 0.3) is 0 Å². The first-order chi connectivity index (χ1) is 58.5. The normalized spacial score (nSPS) is 15.0. The Kier molecular flexibility index (Phi) is 34.2. The molecule has 0 saturated carbocycles. The van der Waals surface area contributed by atoms with Crippen molar-refractivity contribution < 1.29 is 14.3 Å². The van der Waals surface area contributed by atoms with Crippen LogP contribution in [0.15, 0.2) is 97.1 Å². The number of hydrogen-bond donors (Lipinski definition) is 0. The Labute approximate surface area is 741 Å². The fourth-order valence-corrected chi connectivity index (χ4v) is 24.5. The highest BCUT2D eigenvalue weighted by atomic mass is 32.1. The number of benzene rings is 4. The Morgan fingerprint density at radius 1 is 0.333 bits per heavy atom. The summed E-state index contributed by atoms with van der Waals surface area (Å²) in [4.78, 5) is 49.8. The van der Waals surface area contributed by atoms with E-state index in [1.807, 2.05) is 63.5 Å². The average molecular weight is 1690 g/mol. The first-order valence-corrected chi connectivity index (χ1v) is 52.1. The minimum atomic E-state index is -0.582. The number of thiophene rings is 4. The topological polar surface area (TPSA) is 87.1 Å². The van der Waals surface area contributed by atoms with Crippen LogP contribution in [0.4, 0.5) is 0 Å². The third-order valence-corrected chi connectivity index (χ3v) is 31.7. The summed E-state index contributed by atoms with van der Waals surface area (Å²) in [5.74, 6) is 4.34. The van der Waals surface area contributed by atoms with Crippen molar-refractivity contribution in [3.05, 3.63) is 140 Å². The molecule has 2 unspecified atom stereocenters. The highest BCUT2D eigenvalue weighted by molar-refractivity contribution is 7.25. The molecule has 0 N–H and O–H groups in total. The van der Waals surface area contributed by atoms with Crippen LogP contribution in [0.25, 0.3) is 96.2 Å². The molecule has 0 bridgehead atoms. The van der Waals surface area contributed by atoms with Crippen molar-refractivity contribution in [1.82, 2.24) is 19.9 Å². The maximum absolute atomic E-state index is 15.5. The second-order valence-corrected chi connectivity index (χ2v) is 42.7. The van der Waals surface area contributed by atoms with Gasteiger partial charge in [0.1, 0.15) is 56.2 Å². The standard InChI is InChI=1S/C109H148N4O3S4/c1-13-17-21-25-29-31-33-35-39-45-67-108(68-46-40-36-34-32-30-26-22-18-14-2)87-71-79(11)117-104(87)107-90(116-108)74-92(120-107)94-99-98(110-95(83-61-57-81(58-62-83)53-41-37-27-23-19-15-3)96(111-99)84-63-59-82(60-64-84)54-42-38-28-24-20-16-4)93(100-101(94)113-102-97(112-100)85-55-43-44-56-86(85)103(102)114)91-73-88-105(119-91)106-89(72-80(12)118-106)115-109(88,69-65-77(9)51-47-49-75(5)6)70-66-78(10)52-48-50-76(7)8/h43-44,55-64,71-78H,13-42,45-54,65-70H2,1-12H3. The van der Waals surface area contributed by atoms with E-state index in [-0.39, 0.29) is 5.78 Å². The van der Waals surface area contributed by atoms with Crippen LogP contribution in [0.5, 0.6) is 11.5 Å². The number of unbranched alkanes of at least 4 members (excludes halogenated alkanes) is 28. The monoisotopic (exact) mass is 1690 g/mol. The summed E-state index contributed by atoms with van der Waals surface area (Å²) in [5.41, 5.74) is 15.3. The van der Waals surface area contributed by atoms with Gasteiger partial charge >= 0.3 is 0 Å². The molecule has 2 atom stereocenters. The van der Waals surface area contributed by atoms with Crippen LogP contribution < -0.4 is 9.47 Å². The highest BCUT2D eigenvalue weighted by Crippen LogP contribution is 2.62. The van der Waals surface area contributed by atoms with E-state index >= 15 is 4.79 Å². The van der Waals surface area contributed by atoms with Crippen LogP contribution >= 0.6 is 45.3 Å². The summed E-state index contributed by atoms with van der Waals surface area (Å²) in [5, 5.41) is 0. The summed E-state index contributed by atoms with van der Waals surface area (Å²) in [6.07, 6.45) is 56.6. The van der Waals surface area contributed by atoms with Crippen LogP contribution in [0.1, 0.15) is 400 Å². The molecule has 13 rings (SSSR count). The van der Waals surface area contributed by atoms with E-state index in [1.165, 1.54) is 283 Å². The fraction of sp³-hybridized carbons (Fsp3) is 0.587. The van der Waals surface area contributed by atoms with E-state index in [0.717, 1.165) is 141 Å². The fourth-order valence-electron chi connectivity index (χ4n) is 19.7. The molecule has 0 radical (unpaired) electrons. The van der Waals surface area contributed by atoms with E-state index in [4.69, 9.17) is 29.4 Å². The second kappa shape index (κ2) is 45.0. The summed E-state index contributed by atoms with van der Waals surface area (Å²) < 4.78 is 16.0. The lowest BCUT2D eigenvalue weighted by molar-refractivity contribution is 0.0323. The number of carbonyl (C=O) groups excluding carboxylic acids is 1. The number of nitrogens with zero attached hydrogens (tertiary/aromatic N) is 4. The second-order valence-electron chi connectivity index (χ2n) is 38.1. The van der Waals surface area contributed by atoms with Gasteiger partial charge in [0.05, 0.1) is 30.9 Å². The number of fused-ring (bicyclic) bond motifs is 11. The molecule has 8 heterocycles. The Bertz CT molecular complexity index is 4840. The molecule has 7 nitrogen and oxygen atoms in total. The summed E-state index contributed by atoms with van der Waals surface area (Å²) in [7, 11) is 0. The van der Waals surface area contributed by atoms with E-state index in [0.29, 0.717) is 46.1 Å². The molecule has 0 saturated heterocycles. The van der Waals surface area contributed by atoms with Gasteiger partial charge in [-0.25, -0.2) is 19.9 Å². The molecule has 6 aromatic heterocycles. The predicted octanol–water partition coefficient (Wildman–Crippen LogP) is 35.7. The zero-order valence-corrected chi connectivity index (χ0v) is 79.5. The van der Waals surface area contributed by atoms with Crippen LogP contribution in [-0.4, -0.2) is 25.7 Å². The third kappa shape index (κ3) is 22.8. The molecule has 11 heteroatoms. The van der Waals surface area contributed by atoms with E-state index in [1.54, 1.807) is 0 Å². The van der Waals surface area contributed by atoms with Crippen LogP contribution in [0, 0.1) is 37.5 Å². The molecular weight excluding hydrogens is 1540 g/mol. The molecule has 2 aliphatic heterocycles. The first kappa shape index (κ1) is 91.3. The van der Waals surface area contributed by atoms with E-state index in [9.17, 15) is 0 Å². The van der Waals surface area contributed by atoms with Crippen molar-refractivity contribution in [2.45, 2.75) is 390 Å². The van der Waals surface area contributed by atoms with Gasteiger partial charge < -0.3 is 9.47 Å². The number of rotatable bonds is 54. The first-order valence-electron chi connectivity index (χ1n) is 48.8. The molecule has 646 valence electrons. The minimum Gasteiger partial charge on any atom is -0.481 e. The van der Waals surface area contributed by atoms with Crippen LogP contribution in [0.3, 0.4) is 0 Å². The molecule has 3 aliphatic rings. The molecule has 1 aliphatic carbocycles. The number of ketones is 1. The summed E-state index contributed by atoms with van der Waals surface area (Å²) in [6, 6.07) is 36.6. The molecule has 4 aromatic carbocycles. The van der Waals surface area contributed by atoms with Gasteiger partial charge in [0.15, 0.2) is 0 Å². The van der Waals surface area contributed by atoms with Crippen molar-refractivity contribution in [2.24, 2.45) is 23.7 Å². The van der Waals surface area contributed by atoms with E-state index in [2.05, 4.69) is 162 Å². The molecule has 0 spiro atoms. The van der Waals surface area contributed by atoms with Gasteiger partial charge in [-0.2, -0.15) is 0 Å². The molecule has 0 fully saturated rings. The van der Waals surface area contributed by atoms with E-state index < -0.39 is 11.2 Å². The summed E-state index contributed by atoms with van der Waals surface area (Å²) >= 11 is 7.51. The lowest BCUT2D eigenvalue weighted by Crippen LogP contribution is -2.36. The molecule has 120 heavy (non-hydrogen) atoms. The zero-order valence-electron chi connectivity index (χ0n) is 76.2. The van der Waals surface area contributed by atoms with Crippen molar-refractivity contribution in [1.29, 1.82) is 0 Å². The minimum absolute atomic E-state index is 0.0899. The Morgan fingerprint density at radius 3 is 1.16 bits per heavy atom. The number of carbonyl (C=O) groups is 1. The number of hydrogen-bond acceptors (Lipinski definition) is 11. The molecular formula is C109H148N4O3S4. The Hall–Kier alpha value is -6.37. The maximum Gasteiger partial charge on any atom is 0.214 e. The maximum atomic E-state index is 15.5. The molecule has 0 amide bonds. The smallest absolute Gasteiger partial charge is 0.214 e. The number of aromatic nitrogens is 4. The van der Waals surface area contributed by atoms with Crippen molar-refractivity contribution in [2.75, 3.05) is 0 Å². The quantitative estimate of drug-likeness (QED) is 0.0277. The van der Waals surface area contributed by atoms with Gasteiger partial charge in [-0.05, 0) is 150 Å². The van der Waals surface area contributed by atoms with Gasteiger partial charge in [-0.15, -0.1) is 45.3 Å². The van der Waals surface area contributed by atoms with Gasteiger partial charge in [0, 0.05) is 64.0 Å². The predicted molar refractivity (Wildman–Crippen MR) is 521 cm³/mol. The lowest BCUT2D eigenvalue weighted by Gasteiger charge is -2.39. The largest absolute Gasteiger partial charge is 0.481 e.